The van der Waals surface area contributed by atoms with Crippen molar-refractivity contribution in [2.75, 3.05) is 23.7 Å². The van der Waals surface area contributed by atoms with Crippen molar-refractivity contribution in [3.63, 3.8) is 0 Å². The number of aromatic nitrogens is 1. The molecular formula is C29H35N5O4S. The molecule has 2 aromatic carbocycles. The van der Waals surface area contributed by atoms with Crippen molar-refractivity contribution in [3.8, 4) is 12.3 Å². The van der Waals surface area contributed by atoms with Crippen molar-refractivity contribution in [3.05, 3.63) is 70.3 Å². The SMILES string of the molecule is C#CC(C)(C)NC[C@@H](N=O)[C@H](Cc1ccccc1)NC(=O)c1cc2c3c(cn(CC)c3c1)CCS(=O)(=O)N2C. The van der Waals surface area contributed by atoms with Gasteiger partial charge in [-0.2, -0.15) is 4.91 Å². The molecule has 1 amide bonds. The second-order valence-electron chi connectivity index (χ2n) is 10.5. The van der Waals surface area contributed by atoms with Crippen molar-refractivity contribution < 1.29 is 13.2 Å². The van der Waals surface area contributed by atoms with E-state index < -0.39 is 33.6 Å². The number of nitrogens with zero attached hydrogens (tertiary/aromatic N) is 3. The molecule has 0 saturated heterocycles. The molecule has 9 nitrogen and oxygen atoms in total. The Bertz CT molecular complexity index is 1520. The number of terminal acetylenes is 1. The Morgan fingerprint density at radius 3 is 2.59 bits per heavy atom. The van der Waals surface area contributed by atoms with E-state index in [1.807, 2.05) is 61.9 Å². The van der Waals surface area contributed by atoms with Gasteiger partial charge in [-0.05, 0) is 56.9 Å². The van der Waals surface area contributed by atoms with Gasteiger partial charge < -0.3 is 9.88 Å². The van der Waals surface area contributed by atoms with Gasteiger partial charge in [-0.15, -0.1) is 6.42 Å². The van der Waals surface area contributed by atoms with Crippen molar-refractivity contribution in [2.24, 2.45) is 5.18 Å². The lowest BCUT2D eigenvalue weighted by Crippen LogP contribution is -2.51. The standard InChI is InChI=1S/C29H35N5O4S/c1-6-29(3,4)30-18-24(32-36)23(15-20-11-9-8-10-12-20)31-28(35)22-16-25-27-21(13-14-39(37,38)33(25)5)19-34(7-2)26(27)17-22/h1,8-12,16-17,19,23-24,30H,7,13-15,18H2,2-5H3,(H,31,35)/t23-,24+/m0/s1. The van der Waals surface area contributed by atoms with Gasteiger partial charge in [0, 0.05) is 37.3 Å². The zero-order valence-corrected chi connectivity index (χ0v) is 23.6. The van der Waals surface area contributed by atoms with Crippen LogP contribution in [0.4, 0.5) is 5.69 Å². The van der Waals surface area contributed by atoms with E-state index in [1.165, 1.54) is 11.4 Å². The third-order valence-electron chi connectivity index (χ3n) is 7.36. The summed E-state index contributed by atoms with van der Waals surface area (Å²) in [6, 6.07) is 11.5. The number of benzene rings is 2. The van der Waals surface area contributed by atoms with Crippen LogP contribution >= 0.6 is 0 Å². The highest BCUT2D eigenvalue weighted by atomic mass is 32.2. The van der Waals surface area contributed by atoms with Gasteiger partial charge in [0.05, 0.1) is 28.5 Å². The Hall–Kier alpha value is -3.68. The van der Waals surface area contributed by atoms with Crippen LogP contribution in [0.2, 0.25) is 0 Å². The van der Waals surface area contributed by atoms with Gasteiger partial charge in [-0.3, -0.25) is 14.4 Å². The Kier molecular flexibility index (Phi) is 8.14. The van der Waals surface area contributed by atoms with E-state index in [1.54, 1.807) is 12.1 Å². The van der Waals surface area contributed by atoms with Gasteiger partial charge in [0.25, 0.3) is 5.91 Å². The summed E-state index contributed by atoms with van der Waals surface area (Å²) in [5.41, 5.74) is 2.79. The lowest BCUT2D eigenvalue weighted by molar-refractivity contribution is 0.0930. The smallest absolute Gasteiger partial charge is 0.251 e. The maximum absolute atomic E-state index is 13.7. The summed E-state index contributed by atoms with van der Waals surface area (Å²) in [5, 5.41) is 10.4. The number of aryl methyl sites for hydroxylation is 2. The fourth-order valence-corrected chi connectivity index (χ4v) is 6.11. The summed E-state index contributed by atoms with van der Waals surface area (Å²) in [7, 11) is -2.02. The molecule has 0 radical (unpaired) electrons. The van der Waals surface area contributed by atoms with E-state index in [0.717, 1.165) is 22.0 Å². The quantitative estimate of drug-likeness (QED) is 0.297. The third kappa shape index (κ3) is 6.00. The van der Waals surface area contributed by atoms with Gasteiger partial charge in [-0.25, -0.2) is 8.42 Å². The molecule has 2 heterocycles. The molecule has 0 saturated carbocycles. The summed E-state index contributed by atoms with van der Waals surface area (Å²) in [5.74, 6) is 2.22. The molecule has 39 heavy (non-hydrogen) atoms. The number of hydrogen-bond donors (Lipinski definition) is 2. The Balaban J connectivity index is 1.72. The van der Waals surface area contributed by atoms with Crippen LogP contribution in [0.15, 0.2) is 53.8 Å². The minimum absolute atomic E-state index is 0.00459. The largest absolute Gasteiger partial charge is 0.347 e. The molecule has 1 aliphatic rings. The number of amides is 1. The Labute approximate surface area is 230 Å². The van der Waals surface area contributed by atoms with Crippen molar-refractivity contribution in [2.45, 2.75) is 57.8 Å². The summed E-state index contributed by atoms with van der Waals surface area (Å²) < 4.78 is 29.1. The van der Waals surface area contributed by atoms with Crippen LogP contribution < -0.4 is 14.9 Å². The van der Waals surface area contributed by atoms with Gasteiger partial charge in [0.1, 0.15) is 6.04 Å². The summed E-state index contributed by atoms with van der Waals surface area (Å²) in [4.78, 5) is 25.7. The number of anilines is 1. The molecule has 2 N–H and O–H groups in total. The van der Waals surface area contributed by atoms with Crippen molar-refractivity contribution >= 4 is 32.5 Å². The first-order valence-corrected chi connectivity index (χ1v) is 14.6. The summed E-state index contributed by atoms with van der Waals surface area (Å²) in [6.07, 6.45) is 8.34. The molecule has 10 heteroatoms. The zero-order chi connectivity index (χ0) is 28.4. The predicted octanol–water partition coefficient (Wildman–Crippen LogP) is 3.46. The first-order chi connectivity index (χ1) is 18.5. The number of hydrogen-bond acceptors (Lipinski definition) is 6. The van der Waals surface area contributed by atoms with Gasteiger partial charge in [0.2, 0.25) is 10.0 Å². The molecule has 0 bridgehead atoms. The molecule has 0 spiro atoms. The first kappa shape index (κ1) is 28.3. The maximum Gasteiger partial charge on any atom is 0.251 e. The normalized spacial score (nSPS) is 16.2. The fraction of sp³-hybridized carbons (Fsp3) is 0.414. The van der Waals surface area contributed by atoms with Crippen LogP contribution in [0.25, 0.3) is 10.9 Å². The molecular weight excluding hydrogens is 514 g/mol. The van der Waals surface area contributed by atoms with Gasteiger partial charge >= 0.3 is 0 Å². The zero-order valence-electron chi connectivity index (χ0n) is 22.8. The highest BCUT2D eigenvalue weighted by molar-refractivity contribution is 7.92. The molecule has 0 fully saturated rings. The van der Waals surface area contributed by atoms with Crippen LogP contribution in [0.5, 0.6) is 0 Å². The predicted molar refractivity (Wildman–Crippen MR) is 155 cm³/mol. The van der Waals surface area contributed by atoms with E-state index in [4.69, 9.17) is 6.42 Å². The average Bonchev–Trinajstić information content (AvgIpc) is 3.25. The number of nitrogens with one attached hydrogen (secondary N) is 2. The van der Waals surface area contributed by atoms with Gasteiger partial charge in [-0.1, -0.05) is 41.4 Å². The number of nitroso groups, excluding NO2 is 1. The van der Waals surface area contributed by atoms with E-state index in [2.05, 4.69) is 21.7 Å². The topological polar surface area (TPSA) is 113 Å². The summed E-state index contributed by atoms with van der Waals surface area (Å²) >= 11 is 0. The molecule has 1 aliphatic heterocycles. The van der Waals surface area contributed by atoms with E-state index in [0.29, 0.717) is 30.6 Å². The molecule has 0 aliphatic carbocycles. The Morgan fingerprint density at radius 2 is 1.95 bits per heavy atom. The minimum Gasteiger partial charge on any atom is -0.347 e. The fourth-order valence-electron chi connectivity index (χ4n) is 4.91. The molecule has 0 unspecified atom stereocenters. The molecule has 206 valence electrons. The van der Waals surface area contributed by atoms with Crippen LogP contribution in [-0.4, -0.2) is 55.9 Å². The first-order valence-electron chi connectivity index (χ1n) is 13.0. The van der Waals surface area contributed by atoms with Crippen LogP contribution in [-0.2, 0) is 29.4 Å². The third-order valence-corrected chi connectivity index (χ3v) is 9.11. The molecule has 2 atom stereocenters. The number of rotatable bonds is 10. The van der Waals surface area contributed by atoms with Crippen molar-refractivity contribution in [1.82, 2.24) is 15.2 Å². The number of carbonyl (C=O) groups excluding carboxylic acids is 1. The van der Waals surface area contributed by atoms with E-state index >= 15 is 0 Å². The van der Waals surface area contributed by atoms with Gasteiger partial charge in [0.15, 0.2) is 0 Å². The van der Waals surface area contributed by atoms with Crippen molar-refractivity contribution in [1.29, 1.82) is 0 Å². The number of sulfonamides is 1. The minimum atomic E-state index is -3.54. The highest BCUT2D eigenvalue weighted by Gasteiger charge is 2.31. The molecule has 1 aromatic heterocycles. The highest BCUT2D eigenvalue weighted by Crippen LogP contribution is 2.37. The van der Waals surface area contributed by atoms with E-state index in [-0.39, 0.29) is 12.3 Å². The second-order valence-corrected chi connectivity index (χ2v) is 12.6. The number of carbonyl (C=O) groups is 1. The molecule has 4 rings (SSSR count). The monoisotopic (exact) mass is 549 g/mol. The lowest BCUT2D eigenvalue weighted by atomic mass is 9.97. The van der Waals surface area contributed by atoms with Crippen LogP contribution in [0.1, 0.15) is 42.3 Å². The van der Waals surface area contributed by atoms with E-state index in [9.17, 15) is 18.1 Å². The lowest BCUT2D eigenvalue weighted by Gasteiger charge is -2.27. The molecule has 3 aromatic rings. The second kappa shape index (κ2) is 11.2. The summed E-state index contributed by atoms with van der Waals surface area (Å²) in [6.45, 7) is 6.49. The Morgan fingerprint density at radius 1 is 1.23 bits per heavy atom. The van der Waals surface area contributed by atoms with Crippen LogP contribution in [0.3, 0.4) is 0 Å². The maximum atomic E-state index is 13.7. The average molecular weight is 550 g/mol. The van der Waals surface area contributed by atoms with Crippen LogP contribution in [0, 0.1) is 17.3 Å².